The third-order valence-electron chi connectivity index (χ3n) is 6.59. The van der Waals surface area contributed by atoms with E-state index in [1.165, 1.54) is 18.2 Å². The topological polar surface area (TPSA) is 88.2 Å². The molecule has 1 N–H and O–H groups in total. The first-order chi connectivity index (χ1) is 18.3. The summed E-state index contributed by atoms with van der Waals surface area (Å²) in [5.41, 5.74) is 1.94. The lowest BCUT2D eigenvalue weighted by Gasteiger charge is -2.36. The minimum atomic E-state index is -4.12. The summed E-state index contributed by atoms with van der Waals surface area (Å²) in [5.74, 6) is 1.21. The Morgan fingerprint density at radius 2 is 1.63 bits per heavy atom. The minimum absolute atomic E-state index is 0.0324. The Labute approximate surface area is 232 Å². The molecule has 11 heteroatoms. The van der Waals surface area contributed by atoms with Gasteiger partial charge in [0.1, 0.15) is 10.9 Å². The highest BCUT2D eigenvalue weighted by atomic mass is 35.5. The molecule has 0 saturated carbocycles. The molecule has 1 atom stereocenters. The van der Waals surface area contributed by atoms with Gasteiger partial charge >= 0.3 is 0 Å². The number of carbonyl (C=O) groups excluding carboxylic acids is 1. The third-order valence-corrected chi connectivity index (χ3v) is 8.78. The minimum Gasteiger partial charge on any atom is -0.454 e. The molecule has 0 radical (unpaired) electrons. The van der Waals surface area contributed by atoms with E-state index in [4.69, 9.17) is 32.7 Å². The van der Waals surface area contributed by atoms with Gasteiger partial charge in [0.15, 0.2) is 11.5 Å². The van der Waals surface area contributed by atoms with Gasteiger partial charge in [0, 0.05) is 37.7 Å². The van der Waals surface area contributed by atoms with Gasteiger partial charge in [-0.15, -0.1) is 0 Å². The molecule has 8 nitrogen and oxygen atoms in total. The fraction of sp³-hybridized carbons (Fsp3) is 0.296. The summed E-state index contributed by atoms with van der Waals surface area (Å²) in [5, 5.41) is 0.268. The van der Waals surface area contributed by atoms with Crippen molar-refractivity contribution >= 4 is 39.1 Å². The zero-order valence-corrected chi connectivity index (χ0v) is 22.8. The molecule has 0 aromatic heterocycles. The summed E-state index contributed by atoms with van der Waals surface area (Å²) < 4.78 is 40.0. The number of hydrogen-bond donors (Lipinski definition) is 1. The van der Waals surface area contributed by atoms with Crippen LogP contribution in [0.4, 0.5) is 0 Å². The van der Waals surface area contributed by atoms with Gasteiger partial charge in [-0.1, -0.05) is 59.6 Å². The molecule has 0 bridgehead atoms. The fourth-order valence-corrected chi connectivity index (χ4v) is 6.56. The second-order valence-corrected chi connectivity index (χ2v) is 11.8. The number of ether oxygens (including phenoxy) is 2. The van der Waals surface area contributed by atoms with Crippen molar-refractivity contribution in [3.63, 3.8) is 0 Å². The lowest BCUT2D eigenvalue weighted by atomic mass is 10.1. The van der Waals surface area contributed by atoms with Crippen LogP contribution >= 0.6 is 23.2 Å². The van der Waals surface area contributed by atoms with Gasteiger partial charge in [0.25, 0.3) is 0 Å². The third kappa shape index (κ3) is 6.24. The number of amides is 1. The maximum atomic E-state index is 13.6. The summed E-state index contributed by atoms with van der Waals surface area (Å²) in [7, 11) is -4.12. The number of benzene rings is 3. The molecule has 1 amide bonds. The van der Waals surface area contributed by atoms with E-state index in [9.17, 15) is 13.2 Å². The number of sulfonamides is 1. The van der Waals surface area contributed by atoms with E-state index < -0.39 is 16.1 Å². The molecule has 1 fully saturated rings. The number of carbonyl (C=O) groups is 1. The van der Waals surface area contributed by atoms with E-state index in [0.29, 0.717) is 32.7 Å². The van der Waals surface area contributed by atoms with E-state index in [0.717, 1.165) is 22.6 Å². The summed E-state index contributed by atoms with van der Waals surface area (Å²) in [6.45, 7) is 3.22. The molecule has 3 aromatic carbocycles. The largest absolute Gasteiger partial charge is 0.454 e. The van der Waals surface area contributed by atoms with Crippen LogP contribution in [0.1, 0.15) is 11.1 Å². The molecule has 2 aliphatic heterocycles. The molecular formula is C27H27Cl2N3O5S. The maximum Gasteiger partial charge on any atom is 0.242 e. The van der Waals surface area contributed by atoms with Crippen molar-refractivity contribution < 1.29 is 22.7 Å². The highest BCUT2D eigenvalue weighted by Crippen LogP contribution is 2.33. The van der Waals surface area contributed by atoms with Crippen molar-refractivity contribution in [2.45, 2.75) is 23.9 Å². The number of nitrogens with one attached hydrogen (secondary N) is 1. The van der Waals surface area contributed by atoms with Crippen LogP contribution in [-0.2, 0) is 27.8 Å². The number of nitrogens with zero attached hydrogens (tertiary/aromatic N) is 2. The van der Waals surface area contributed by atoms with E-state index >= 15 is 0 Å². The second kappa shape index (κ2) is 11.5. The van der Waals surface area contributed by atoms with Crippen molar-refractivity contribution in [2.24, 2.45) is 0 Å². The average Bonchev–Trinajstić information content (AvgIpc) is 3.38. The number of piperazine rings is 1. The lowest BCUT2D eigenvalue weighted by Crippen LogP contribution is -2.55. The van der Waals surface area contributed by atoms with E-state index in [-0.39, 0.29) is 34.1 Å². The molecule has 200 valence electrons. The molecule has 5 rings (SSSR count). The highest BCUT2D eigenvalue weighted by molar-refractivity contribution is 7.89. The number of halogens is 2. The first-order valence-electron chi connectivity index (χ1n) is 12.2. The van der Waals surface area contributed by atoms with Gasteiger partial charge in [-0.3, -0.25) is 9.69 Å². The quantitative estimate of drug-likeness (QED) is 0.437. The molecule has 2 heterocycles. The SMILES string of the molecule is O=C(C(Cc1ccccc1)NS(=O)(=O)c1cc(Cl)ccc1Cl)N1CCN(Cc2ccc3c(c2)OCO3)CC1. The van der Waals surface area contributed by atoms with Gasteiger partial charge in [-0.05, 0) is 47.9 Å². The van der Waals surface area contributed by atoms with Crippen molar-refractivity contribution in [1.29, 1.82) is 0 Å². The predicted octanol–water partition coefficient (Wildman–Crippen LogP) is 3.96. The Morgan fingerprint density at radius 3 is 2.39 bits per heavy atom. The van der Waals surface area contributed by atoms with Crippen molar-refractivity contribution in [3.8, 4) is 11.5 Å². The van der Waals surface area contributed by atoms with E-state index in [1.54, 1.807) is 4.90 Å². The Balaban J connectivity index is 1.28. The standard InChI is InChI=1S/C27H27Cl2N3O5S/c28-21-7-8-22(29)26(16-21)38(34,35)30-23(14-19-4-2-1-3-5-19)27(33)32-12-10-31(11-13-32)17-20-6-9-24-25(15-20)37-18-36-24/h1-9,15-16,23,30H,10-14,17-18H2. The first kappa shape index (κ1) is 26.8. The molecule has 1 saturated heterocycles. The van der Waals surface area contributed by atoms with Crippen molar-refractivity contribution in [1.82, 2.24) is 14.5 Å². The van der Waals surface area contributed by atoms with Crippen LogP contribution in [0.15, 0.2) is 71.6 Å². The molecule has 1 unspecified atom stereocenters. The normalized spacial score (nSPS) is 16.4. The molecule has 0 aliphatic carbocycles. The fourth-order valence-electron chi connectivity index (χ4n) is 4.61. The van der Waals surface area contributed by atoms with Crippen molar-refractivity contribution in [3.05, 3.63) is 87.9 Å². The smallest absolute Gasteiger partial charge is 0.242 e. The van der Waals surface area contributed by atoms with Crippen LogP contribution < -0.4 is 14.2 Å². The monoisotopic (exact) mass is 575 g/mol. The summed E-state index contributed by atoms with van der Waals surface area (Å²) in [4.78, 5) is 17.5. The lowest BCUT2D eigenvalue weighted by molar-refractivity contribution is -0.134. The summed E-state index contributed by atoms with van der Waals surface area (Å²) in [6.07, 6.45) is 0.203. The predicted molar refractivity (Wildman–Crippen MR) is 145 cm³/mol. The number of fused-ring (bicyclic) bond motifs is 1. The van der Waals surface area contributed by atoms with Crippen LogP contribution in [0.25, 0.3) is 0 Å². The van der Waals surface area contributed by atoms with Gasteiger partial charge in [0.2, 0.25) is 22.7 Å². The Kier molecular flexibility index (Phi) is 8.11. The van der Waals surface area contributed by atoms with Crippen LogP contribution in [0, 0.1) is 0 Å². The van der Waals surface area contributed by atoms with Crippen LogP contribution in [0.5, 0.6) is 11.5 Å². The Bertz CT molecular complexity index is 1410. The maximum absolute atomic E-state index is 13.6. The summed E-state index contributed by atoms with van der Waals surface area (Å²) >= 11 is 12.2. The zero-order chi connectivity index (χ0) is 26.7. The van der Waals surface area contributed by atoms with Gasteiger partial charge in [-0.2, -0.15) is 4.72 Å². The van der Waals surface area contributed by atoms with Gasteiger partial charge < -0.3 is 14.4 Å². The van der Waals surface area contributed by atoms with Gasteiger partial charge in [-0.25, -0.2) is 8.42 Å². The molecule has 38 heavy (non-hydrogen) atoms. The van der Waals surface area contributed by atoms with Crippen LogP contribution in [-0.4, -0.2) is 63.1 Å². The first-order valence-corrected chi connectivity index (χ1v) is 14.4. The molecular weight excluding hydrogens is 549 g/mol. The van der Waals surface area contributed by atoms with E-state index in [1.807, 2.05) is 48.5 Å². The molecule has 2 aliphatic rings. The highest BCUT2D eigenvalue weighted by Gasteiger charge is 2.32. The molecule has 0 spiro atoms. The van der Waals surface area contributed by atoms with Gasteiger partial charge in [0.05, 0.1) is 5.02 Å². The number of rotatable bonds is 8. The summed E-state index contributed by atoms with van der Waals surface area (Å²) in [6, 6.07) is 18.4. The van der Waals surface area contributed by atoms with E-state index in [2.05, 4.69) is 9.62 Å². The Hall–Kier alpha value is -2.82. The molecule has 3 aromatic rings. The van der Waals surface area contributed by atoms with Crippen LogP contribution in [0.2, 0.25) is 10.0 Å². The Morgan fingerprint density at radius 1 is 0.895 bits per heavy atom. The van der Waals surface area contributed by atoms with Crippen LogP contribution in [0.3, 0.4) is 0 Å². The zero-order valence-electron chi connectivity index (χ0n) is 20.5. The second-order valence-electron chi connectivity index (χ2n) is 9.23. The van der Waals surface area contributed by atoms with Crippen molar-refractivity contribution in [2.75, 3.05) is 33.0 Å². The average molecular weight is 577 g/mol. The number of hydrogen-bond acceptors (Lipinski definition) is 6.